The second-order valence-electron chi connectivity index (χ2n) is 4.60. The fourth-order valence-electron chi connectivity index (χ4n) is 2.05. The van der Waals surface area contributed by atoms with Crippen LogP contribution in [0.4, 0.5) is 5.82 Å². The van der Waals surface area contributed by atoms with E-state index < -0.39 is 0 Å². The van der Waals surface area contributed by atoms with Gasteiger partial charge in [-0.2, -0.15) is 0 Å². The maximum absolute atomic E-state index is 11.8. The molecule has 0 aromatic carbocycles. The molecule has 1 N–H and O–H groups in total. The average molecular weight is 249 g/mol. The van der Waals surface area contributed by atoms with Crippen LogP contribution in [-0.2, 0) is 16.1 Å². The van der Waals surface area contributed by atoms with Gasteiger partial charge in [-0.15, -0.1) is 0 Å². The van der Waals surface area contributed by atoms with Gasteiger partial charge in [-0.25, -0.2) is 4.98 Å². The van der Waals surface area contributed by atoms with Crippen molar-refractivity contribution >= 4 is 11.7 Å². The first kappa shape index (κ1) is 12.8. The highest BCUT2D eigenvalue weighted by molar-refractivity contribution is 5.81. The topological polar surface area (TPSA) is 54.5 Å². The van der Waals surface area contributed by atoms with Crippen LogP contribution in [0.2, 0.25) is 0 Å². The Morgan fingerprint density at radius 3 is 3.11 bits per heavy atom. The number of nitrogens with zero attached hydrogens (tertiary/aromatic N) is 2. The van der Waals surface area contributed by atoms with Gasteiger partial charge < -0.3 is 15.0 Å². The molecule has 98 valence electrons. The molecule has 5 nitrogen and oxygen atoms in total. The van der Waals surface area contributed by atoms with Gasteiger partial charge in [-0.1, -0.05) is 6.07 Å². The molecule has 0 saturated carbocycles. The van der Waals surface area contributed by atoms with Crippen LogP contribution < -0.4 is 10.2 Å². The Bertz CT molecular complexity index is 414. The summed E-state index contributed by atoms with van der Waals surface area (Å²) in [6.07, 6.45) is 3.26. The first-order chi connectivity index (χ1) is 8.68. The van der Waals surface area contributed by atoms with Gasteiger partial charge in [0.15, 0.2) is 0 Å². The van der Waals surface area contributed by atoms with Crippen molar-refractivity contribution < 1.29 is 9.53 Å². The molecule has 0 bridgehead atoms. The van der Waals surface area contributed by atoms with Gasteiger partial charge >= 0.3 is 0 Å². The number of carbonyl (C=O) groups excluding carboxylic acids is 1. The molecule has 18 heavy (non-hydrogen) atoms. The molecule has 1 aromatic rings. The molecule has 0 spiro atoms. The van der Waals surface area contributed by atoms with E-state index >= 15 is 0 Å². The van der Waals surface area contributed by atoms with Crippen LogP contribution in [0.3, 0.4) is 0 Å². The van der Waals surface area contributed by atoms with Crippen LogP contribution >= 0.6 is 0 Å². The second-order valence-corrected chi connectivity index (χ2v) is 4.60. The van der Waals surface area contributed by atoms with Crippen molar-refractivity contribution in [2.75, 3.05) is 25.6 Å². The second kappa shape index (κ2) is 5.82. The summed E-state index contributed by atoms with van der Waals surface area (Å²) in [5.41, 5.74) is 1.01. The molecule has 0 aliphatic carbocycles. The average Bonchev–Trinajstić information content (AvgIpc) is 2.90. The molecule has 2 heterocycles. The summed E-state index contributed by atoms with van der Waals surface area (Å²) in [7, 11) is 3.88. The Balaban J connectivity index is 1.95. The zero-order chi connectivity index (χ0) is 13.0. The van der Waals surface area contributed by atoms with Crippen molar-refractivity contribution in [3.63, 3.8) is 0 Å². The smallest absolute Gasteiger partial charge is 0.249 e. The first-order valence-corrected chi connectivity index (χ1v) is 6.19. The predicted molar refractivity (Wildman–Crippen MR) is 69.4 cm³/mol. The summed E-state index contributed by atoms with van der Waals surface area (Å²) in [4.78, 5) is 18.1. The van der Waals surface area contributed by atoms with E-state index in [0.29, 0.717) is 13.2 Å². The number of anilines is 1. The van der Waals surface area contributed by atoms with Crippen molar-refractivity contribution in [3.8, 4) is 0 Å². The summed E-state index contributed by atoms with van der Waals surface area (Å²) >= 11 is 0. The molecule has 1 fully saturated rings. The standard InChI is InChI=1S/C13H19N3O2/c1-16(2)12-10(5-3-7-14-12)9-15-13(17)11-6-4-8-18-11/h3,5,7,11H,4,6,8-9H2,1-2H3,(H,15,17). The van der Waals surface area contributed by atoms with Crippen LogP contribution in [0.1, 0.15) is 18.4 Å². The fourth-order valence-corrected chi connectivity index (χ4v) is 2.05. The van der Waals surface area contributed by atoms with Crippen molar-refractivity contribution in [3.05, 3.63) is 23.9 Å². The molecule has 0 radical (unpaired) electrons. The van der Waals surface area contributed by atoms with E-state index in [1.807, 2.05) is 31.1 Å². The lowest BCUT2D eigenvalue weighted by atomic mass is 10.2. The van der Waals surface area contributed by atoms with Gasteiger partial charge in [-0.3, -0.25) is 4.79 Å². The maximum Gasteiger partial charge on any atom is 0.249 e. The number of hydrogen-bond acceptors (Lipinski definition) is 4. The van der Waals surface area contributed by atoms with Crippen LogP contribution in [0, 0.1) is 0 Å². The third kappa shape index (κ3) is 2.98. The molecule has 1 aromatic heterocycles. The van der Waals surface area contributed by atoms with E-state index in [1.54, 1.807) is 6.20 Å². The molecule has 5 heteroatoms. The van der Waals surface area contributed by atoms with Gasteiger partial charge in [0, 0.05) is 39.0 Å². The Kier molecular flexibility index (Phi) is 4.15. The Morgan fingerprint density at radius 2 is 2.44 bits per heavy atom. The summed E-state index contributed by atoms with van der Waals surface area (Å²) in [6, 6.07) is 3.85. The minimum atomic E-state index is -0.274. The molecule has 1 atom stereocenters. The summed E-state index contributed by atoms with van der Waals surface area (Å²) in [5, 5.41) is 2.91. The summed E-state index contributed by atoms with van der Waals surface area (Å²) < 4.78 is 5.34. The van der Waals surface area contributed by atoms with Gasteiger partial charge in [0.25, 0.3) is 0 Å². The molecular weight excluding hydrogens is 230 g/mol. The number of carbonyl (C=O) groups is 1. The Morgan fingerprint density at radius 1 is 1.61 bits per heavy atom. The summed E-state index contributed by atoms with van der Waals surface area (Å²) in [5.74, 6) is 0.853. The van der Waals surface area contributed by atoms with E-state index in [4.69, 9.17) is 4.74 Å². The monoisotopic (exact) mass is 249 g/mol. The van der Waals surface area contributed by atoms with Crippen molar-refractivity contribution in [1.82, 2.24) is 10.3 Å². The van der Waals surface area contributed by atoms with E-state index in [9.17, 15) is 4.79 Å². The number of amides is 1. The van der Waals surface area contributed by atoms with E-state index in [0.717, 1.165) is 24.2 Å². The number of nitrogens with one attached hydrogen (secondary N) is 1. The molecule has 2 rings (SSSR count). The predicted octanol–water partition coefficient (Wildman–Crippen LogP) is 0.943. The minimum absolute atomic E-state index is 0.0268. The highest BCUT2D eigenvalue weighted by Crippen LogP contribution is 2.15. The quantitative estimate of drug-likeness (QED) is 0.863. The maximum atomic E-state index is 11.8. The van der Waals surface area contributed by atoms with Crippen LogP contribution in [0.5, 0.6) is 0 Å². The normalized spacial score (nSPS) is 18.7. The van der Waals surface area contributed by atoms with Gasteiger partial charge in [0.1, 0.15) is 11.9 Å². The van der Waals surface area contributed by atoms with E-state index in [-0.39, 0.29) is 12.0 Å². The lowest BCUT2D eigenvalue weighted by molar-refractivity contribution is -0.130. The number of aromatic nitrogens is 1. The number of pyridine rings is 1. The highest BCUT2D eigenvalue weighted by atomic mass is 16.5. The fraction of sp³-hybridized carbons (Fsp3) is 0.538. The molecule has 1 aliphatic rings. The van der Waals surface area contributed by atoms with E-state index in [1.165, 1.54) is 0 Å². The van der Waals surface area contributed by atoms with Crippen molar-refractivity contribution in [2.24, 2.45) is 0 Å². The molecule has 1 unspecified atom stereocenters. The Hall–Kier alpha value is -1.62. The van der Waals surface area contributed by atoms with Gasteiger partial charge in [-0.05, 0) is 18.9 Å². The minimum Gasteiger partial charge on any atom is -0.368 e. The summed E-state index contributed by atoms with van der Waals surface area (Å²) in [6.45, 7) is 1.17. The zero-order valence-electron chi connectivity index (χ0n) is 10.8. The lowest BCUT2D eigenvalue weighted by Crippen LogP contribution is -2.34. The van der Waals surface area contributed by atoms with Crippen LogP contribution in [-0.4, -0.2) is 37.7 Å². The van der Waals surface area contributed by atoms with Crippen molar-refractivity contribution in [1.29, 1.82) is 0 Å². The van der Waals surface area contributed by atoms with Gasteiger partial charge in [0.05, 0.1) is 0 Å². The number of hydrogen-bond donors (Lipinski definition) is 1. The Labute approximate surface area is 107 Å². The van der Waals surface area contributed by atoms with Crippen LogP contribution in [0.25, 0.3) is 0 Å². The third-order valence-electron chi connectivity index (χ3n) is 2.97. The third-order valence-corrected chi connectivity index (χ3v) is 2.97. The largest absolute Gasteiger partial charge is 0.368 e. The molecule has 1 amide bonds. The SMILES string of the molecule is CN(C)c1ncccc1CNC(=O)C1CCCO1. The van der Waals surface area contributed by atoms with Crippen molar-refractivity contribution in [2.45, 2.75) is 25.5 Å². The molecule has 1 aliphatic heterocycles. The van der Waals surface area contributed by atoms with Gasteiger partial charge in [0.2, 0.25) is 5.91 Å². The highest BCUT2D eigenvalue weighted by Gasteiger charge is 2.23. The molecular formula is C13H19N3O2. The number of ether oxygens (including phenoxy) is 1. The van der Waals surface area contributed by atoms with E-state index in [2.05, 4.69) is 10.3 Å². The lowest BCUT2D eigenvalue weighted by Gasteiger charge is -2.17. The first-order valence-electron chi connectivity index (χ1n) is 6.19. The van der Waals surface area contributed by atoms with Crippen LogP contribution in [0.15, 0.2) is 18.3 Å². The number of rotatable bonds is 4. The zero-order valence-corrected chi connectivity index (χ0v) is 10.8. The molecule has 1 saturated heterocycles.